The molecular weight excluding hydrogens is 448 g/mol. The Hall–Kier alpha value is -3.24. The quantitative estimate of drug-likeness (QED) is 0.379. The zero-order valence-corrected chi connectivity index (χ0v) is 19.9. The number of aromatic amines is 1. The zero-order valence-electron chi connectivity index (χ0n) is 18.3. The maximum Gasteiger partial charge on any atom is 0.181 e. The molecule has 0 fully saturated rings. The molecule has 0 aliphatic rings. The number of rotatable bonds is 6. The molecule has 0 spiro atoms. The maximum absolute atomic E-state index is 12.1. The van der Waals surface area contributed by atoms with Gasteiger partial charge in [-0.05, 0) is 39.0 Å². The molecule has 1 atom stereocenters. The molecule has 0 saturated carbocycles. The first-order chi connectivity index (χ1) is 15.2. The Morgan fingerprint density at radius 2 is 1.78 bits per heavy atom. The van der Waals surface area contributed by atoms with Crippen molar-refractivity contribution < 1.29 is 4.21 Å². The molecule has 0 bridgehead atoms. The first-order valence-electron chi connectivity index (χ1n) is 9.79. The summed E-state index contributed by atoms with van der Waals surface area (Å²) in [7, 11) is 0.529. The molecule has 1 aromatic carbocycles. The van der Waals surface area contributed by atoms with Crippen molar-refractivity contribution in [3.63, 3.8) is 0 Å². The van der Waals surface area contributed by atoms with Crippen molar-refractivity contribution in [2.24, 2.45) is 0 Å². The van der Waals surface area contributed by atoms with Gasteiger partial charge in [0, 0.05) is 24.4 Å². The van der Waals surface area contributed by atoms with Crippen LogP contribution in [0, 0.1) is 20.8 Å². The van der Waals surface area contributed by atoms with Crippen molar-refractivity contribution in [1.82, 2.24) is 24.9 Å². The van der Waals surface area contributed by atoms with Crippen LogP contribution in [0.1, 0.15) is 17.2 Å². The smallest absolute Gasteiger partial charge is 0.181 e. The Bertz CT molecular complexity index is 1340. The monoisotopic (exact) mass is 470 g/mol. The molecule has 4 rings (SSSR count). The Balaban J connectivity index is 1.77. The van der Waals surface area contributed by atoms with Gasteiger partial charge in [0.1, 0.15) is 34.0 Å². The number of pyridine rings is 1. The molecule has 3 heterocycles. The minimum Gasteiger partial charge on any atom is -0.352 e. The van der Waals surface area contributed by atoms with E-state index in [4.69, 9.17) is 11.6 Å². The third kappa shape index (κ3) is 4.51. The molecule has 0 saturated heterocycles. The molecule has 32 heavy (non-hydrogen) atoms. The van der Waals surface area contributed by atoms with E-state index in [0.717, 1.165) is 34.1 Å². The van der Waals surface area contributed by atoms with E-state index in [1.54, 1.807) is 35.9 Å². The second-order valence-corrected chi connectivity index (χ2v) is 9.17. The molecule has 4 aromatic rings. The van der Waals surface area contributed by atoms with Crippen LogP contribution in [0.3, 0.4) is 0 Å². The zero-order chi connectivity index (χ0) is 23.0. The first kappa shape index (κ1) is 22.0. The molecule has 0 amide bonds. The highest BCUT2D eigenvalue weighted by Gasteiger charge is 2.15. The molecule has 9 nitrogen and oxygen atoms in total. The van der Waals surface area contributed by atoms with Crippen LogP contribution in [0.15, 0.2) is 30.5 Å². The summed E-state index contributed by atoms with van der Waals surface area (Å²) in [6.45, 7) is 5.69. The van der Waals surface area contributed by atoms with Crippen molar-refractivity contribution in [1.29, 1.82) is 0 Å². The molecular formula is C21H23ClN8OS. The number of nitrogens with zero attached hydrogens (tertiary/aromatic N) is 5. The third-order valence-corrected chi connectivity index (χ3v) is 6.19. The van der Waals surface area contributed by atoms with E-state index in [1.807, 2.05) is 32.9 Å². The number of hydrogen-bond donors (Lipinski definition) is 3. The Morgan fingerprint density at radius 1 is 1.00 bits per heavy atom. The van der Waals surface area contributed by atoms with Crippen molar-refractivity contribution >= 4 is 62.4 Å². The SMILES string of the molecule is Cc1nc2nc(Nc3cnc(C)c(C)n3)cc(Nc3ccc(Cl)cc3N(C)S(C)=O)c2[nH]1. The number of anilines is 5. The molecule has 3 aromatic heterocycles. The molecule has 0 aliphatic carbocycles. The van der Waals surface area contributed by atoms with Gasteiger partial charge in [0.05, 0.1) is 34.6 Å². The largest absolute Gasteiger partial charge is 0.352 e. The lowest BCUT2D eigenvalue weighted by molar-refractivity contribution is 0.685. The summed E-state index contributed by atoms with van der Waals surface area (Å²) in [5.74, 6) is 1.89. The van der Waals surface area contributed by atoms with Crippen LogP contribution in [0.4, 0.5) is 28.7 Å². The summed E-state index contributed by atoms with van der Waals surface area (Å²) in [5, 5.41) is 7.17. The number of halogens is 1. The number of nitrogens with one attached hydrogen (secondary N) is 3. The van der Waals surface area contributed by atoms with Gasteiger partial charge in [-0.2, -0.15) is 0 Å². The normalized spacial score (nSPS) is 12.1. The lowest BCUT2D eigenvalue weighted by Crippen LogP contribution is -2.19. The number of aryl methyl sites for hydroxylation is 3. The summed E-state index contributed by atoms with van der Waals surface area (Å²) < 4.78 is 13.7. The fourth-order valence-corrected chi connectivity index (χ4v) is 3.75. The predicted octanol–water partition coefficient (Wildman–Crippen LogP) is 4.54. The number of H-pyrrole nitrogens is 1. The maximum atomic E-state index is 12.1. The van der Waals surface area contributed by atoms with Crippen LogP contribution in [-0.4, -0.2) is 42.4 Å². The Kier molecular flexibility index (Phi) is 5.98. The van der Waals surface area contributed by atoms with Crippen molar-refractivity contribution in [3.05, 3.63) is 52.7 Å². The average molecular weight is 471 g/mol. The van der Waals surface area contributed by atoms with Crippen LogP contribution in [-0.2, 0) is 11.0 Å². The van der Waals surface area contributed by atoms with E-state index in [0.29, 0.717) is 28.0 Å². The standard InChI is InChI=1S/C21H23ClN8OS/c1-11-12(2)24-19(10-23-11)28-18-9-16(20-21(29-18)26-13(3)25-20)27-15-7-6-14(22)8-17(15)30(4)32(5)31/h6-10H,1-5H3,(H3,24,25,26,27,28,29). The second-order valence-electron chi connectivity index (χ2n) is 7.33. The summed E-state index contributed by atoms with van der Waals surface area (Å²) in [6, 6.07) is 7.25. The Labute approximate surface area is 193 Å². The number of benzene rings is 1. The van der Waals surface area contributed by atoms with Gasteiger partial charge < -0.3 is 15.6 Å². The number of imidazole rings is 1. The van der Waals surface area contributed by atoms with Crippen LogP contribution >= 0.6 is 11.6 Å². The van der Waals surface area contributed by atoms with Gasteiger partial charge in [-0.3, -0.25) is 9.29 Å². The van der Waals surface area contributed by atoms with E-state index < -0.39 is 11.0 Å². The van der Waals surface area contributed by atoms with Gasteiger partial charge in [0.25, 0.3) is 0 Å². The minimum absolute atomic E-state index is 0.551. The van der Waals surface area contributed by atoms with Gasteiger partial charge in [0.15, 0.2) is 5.65 Å². The Morgan fingerprint density at radius 3 is 2.50 bits per heavy atom. The van der Waals surface area contributed by atoms with Crippen molar-refractivity contribution in [2.45, 2.75) is 20.8 Å². The van der Waals surface area contributed by atoms with Gasteiger partial charge in [-0.1, -0.05) is 11.6 Å². The lowest BCUT2D eigenvalue weighted by Gasteiger charge is -2.21. The number of fused-ring (bicyclic) bond motifs is 1. The van der Waals surface area contributed by atoms with Gasteiger partial charge in [-0.15, -0.1) is 0 Å². The highest BCUT2D eigenvalue weighted by atomic mass is 35.5. The summed E-state index contributed by atoms with van der Waals surface area (Å²) in [4.78, 5) is 21.2. The average Bonchev–Trinajstić information content (AvgIpc) is 3.11. The highest BCUT2D eigenvalue weighted by Crippen LogP contribution is 2.34. The summed E-state index contributed by atoms with van der Waals surface area (Å²) in [6.07, 6.45) is 3.28. The van der Waals surface area contributed by atoms with E-state index in [2.05, 4.69) is 35.6 Å². The van der Waals surface area contributed by atoms with Crippen LogP contribution in [0.25, 0.3) is 11.2 Å². The van der Waals surface area contributed by atoms with Gasteiger partial charge >= 0.3 is 0 Å². The topological polar surface area (TPSA) is 112 Å². The molecule has 1 unspecified atom stereocenters. The van der Waals surface area contributed by atoms with Crippen molar-refractivity contribution in [2.75, 3.05) is 28.2 Å². The van der Waals surface area contributed by atoms with E-state index >= 15 is 0 Å². The highest BCUT2D eigenvalue weighted by molar-refractivity contribution is 7.85. The predicted molar refractivity (Wildman–Crippen MR) is 131 cm³/mol. The van der Waals surface area contributed by atoms with Crippen LogP contribution in [0.5, 0.6) is 0 Å². The summed E-state index contributed by atoms with van der Waals surface area (Å²) >= 11 is 6.20. The van der Waals surface area contributed by atoms with E-state index in [1.165, 1.54) is 0 Å². The van der Waals surface area contributed by atoms with Crippen molar-refractivity contribution in [3.8, 4) is 0 Å². The first-order valence-corrected chi connectivity index (χ1v) is 11.7. The molecule has 0 aliphatic heterocycles. The van der Waals surface area contributed by atoms with Crippen LogP contribution in [0.2, 0.25) is 5.02 Å². The molecule has 0 radical (unpaired) electrons. The number of hydrogen-bond acceptors (Lipinski definition) is 7. The molecule has 3 N–H and O–H groups in total. The number of aromatic nitrogens is 5. The molecule has 11 heteroatoms. The van der Waals surface area contributed by atoms with Gasteiger partial charge in [-0.25, -0.2) is 19.2 Å². The van der Waals surface area contributed by atoms with Crippen LogP contribution < -0.4 is 14.9 Å². The fraction of sp³-hybridized carbons (Fsp3) is 0.238. The lowest BCUT2D eigenvalue weighted by atomic mass is 10.2. The second kappa shape index (κ2) is 8.71. The fourth-order valence-electron chi connectivity index (χ4n) is 3.15. The van der Waals surface area contributed by atoms with Gasteiger partial charge in [0.2, 0.25) is 0 Å². The summed E-state index contributed by atoms with van der Waals surface area (Å²) in [5.41, 5.74) is 5.20. The third-order valence-electron chi connectivity index (χ3n) is 4.98. The van der Waals surface area contributed by atoms with E-state index in [-0.39, 0.29) is 0 Å². The van der Waals surface area contributed by atoms with E-state index in [9.17, 15) is 4.21 Å². The molecule has 166 valence electrons. The minimum atomic E-state index is -1.22.